The van der Waals surface area contributed by atoms with Gasteiger partial charge in [-0.1, -0.05) is 6.92 Å². The Bertz CT molecular complexity index is 1100. The number of anilines is 1. The first-order chi connectivity index (χ1) is 12.3. The molecule has 0 fully saturated rings. The van der Waals surface area contributed by atoms with Crippen LogP contribution in [0.5, 0.6) is 0 Å². The number of sulfonamides is 1. The molecule has 1 aromatic carbocycles. The second kappa shape index (κ2) is 6.79. The molecule has 26 heavy (non-hydrogen) atoms. The largest absolute Gasteiger partial charge is 0.345 e. The number of ketones is 1. The van der Waals surface area contributed by atoms with E-state index in [0.29, 0.717) is 17.5 Å². The van der Waals surface area contributed by atoms with Crippen LogP contribution >= 0.6 is 0 Å². The number of fused-ring (bicyclic) bond motifs is 1. The van der Waals surface area contributed by atoms with Crippen LogP contribution in [-0.4, -0.2) is 34.9 Å². The highest BCUT2D eigenvalue weighted by molar-refractivity contribution is 7.92. The molecule has 136 valence electrons. The van der Waals surface area contributed by atoms with E-state index in [1.54, 1.807) is 6.92 Å². The van der Waals surface area contributed by atoms with E-state index in [2.05, 4.69) is 15.0 Å². The third-order valence-electron chi connectivity index (χ3n) is 3.66. The predicted octanol–water partition coefficient (Wildman–Crippen LogP) is 2.62. The van der Waals surface area contributed by atoms with E-state index in [9.17, 15) is 22.0 Å². The zero-order valence-corrected chi connectivity index (χ0v) is 14.4. The van der Waals surface area contributed by atoms with Crippen molar-refractivity contribution in [2.24, 2.45) is 0 Å². The number of carbonyl (C=O) groups is 1. The van der Waals surface area contributed by atoms with Gasteiger partial charge in [-0.25, -0.2) is 27.2 Å². The minimum Gasteiger partial charge on any atom is -0.345 e. The second-order valence-corrected chi connectivity index (χ2v) is 7.36. The highest BCUT2D eigenvalue weighted by atomic mass is 32.2. The molecule has 0 amide bonds. The number of carbonyl (C=O) groups excluding carboxylic acids is 1. The summed E-state index contributed by atoms with van der Waals surface area (Å²) in [4.78, 5) is 23.1. The molecular weight excluding hydrogens is 366 g/mol. The highest BCUT2D eigenvalue weighted by Gasteiger charge is 2.25. The number of rotatable bonds is 6. The van der Waals surface area contributed by atoms with Crippen LogP contribution in [0.4, 0.5) is 14.5 Å². The lowest BCUT2D eigenvalue weighted by Crippen LogP contribution is -2.18. The fourth-order valence-corrected chi connectivity index (χ4v) is 3.64. The van der Waals surface area contributed by atoms with Crippen LogP contribution in [0.25, 0.3) is 11.0 Å². The van der Waals surface area contributed by atoms with Gasteiger partial charge in [-0.15, -0.1) is 0 Å². The van der Waals surface area contributed by atoms with Crippen LogP contribution in [-0.2, 0) is 10.0 Å². The zero-order chi connectivity index (χ0) is 18.9. The maximum atomic E-state index is 14.7. The molecule has 0 radical (unpaired) electrons. The summed E-state index contributed by atoms with van der Waals surface area (Å²) in [5.74, 6) is -3.55. The van der Waals surface area contributed by atoms with Crippen molar-refractivity contribution in [3.63, 3.8) is 0 Å². The van der Waals surface area contributed by atoms with Gasteiger partial charge in [0.25, 0.3) is 0 Å². The molecule has 2 heterocycles. The lowest BCUT2D eigenvalue weighted by atomic mass is 10.0. The zero-order valence-electron chi connectivity index (χ0n) is 13.6. The lowest BCUT2D eigenvalue weighted by molar-refractivity contribution is 0.103. The number of nitrogens with one attached hydrogen (secondary N) is 2. The number of H-pyrrole nitrogens is 1. The summed E-state index contributed by atoms with van der Waals surface area (Å²) in [5, 5.41) is 0.299. The maximum absolute atomic E-state index is 14.7. The standard InChI is InChI=1S/C16H14F2N4O3S/c1-2-5-26(24,25)22-12-4-3-11(17)13(14(12)18)15(23)9-7-20-16-10(9)6-19-8-21-16/h3-4,6-8,22H,2,5H2,1H3,(H,19,20,21). The number of hydrogen-bond donors (Lipinski definition) is 2. The van der Waals surface area contributed by atoms with Crippen LogP contribution in [0.1, 0.15) is 29.3 Å². The molecule has 7 nitrogen and oxygen atoms in total. The molecule has 0 atom stereocenters. The van der Waals surface area contributed by atoms with Gasteiger partial charge in [0, 0.05) is 17.8 Å². The number of aromatic nitrogens is 3. The van der Waals surface area contributed by atoms with Gasteiger partial charge >= 0.3 is 0 Å². The fraction of sp³-hybridized carbons (Fsp3) is 0.188. The Morgan fingerprint density at radius 1 is 1.31 bits per heavy atom. The highest BCUT2D eigenvalue weighted by Crippen LogP contribution is 2.27. The average molecular weight is 380 g/mol. The summed E-state index contributed by atoms with van der Waals surface area (Å²) in [6.07, 6.45) is 4.20. The Balaban J connectivity index is 2.07. The van der Waals surface area contributed by atoms with Gasteiger partial charge in [-0.05, 0) is 18.6 Å². The van der Waals surface area contributed by atoms with E-state index in [1.165, 1.54) is 18.7 Å². The summed E-state index contributed by atoms with van der Waals surface area (Å²) < 4.78 is 54.6. The SMILES string of the molecule is CCCS(=O)(=O)Nc1ccc(F)c(C(=O)c2c[nH]c3ncncc23)c1F. The third kappa shape index (κ3) is 3.27. The lowest BCUT2D eigenvalue weighted by Gasteiger charge is -2.11. The van der Waals surface area contributed by atoms with E-state index in [-0.39, 0.29) is 11.3 Å². The monoisotopic (exact) mass is 380 g/mol. The second-order valence-electron chi connectivity index (χ2n) is 5.52. The van der Waals surface area contributed by atoms with E-state index in [1.807, 2.05) is 4.72 Å². The topological polar surface area (TPSA) is 105 Å². The summed E-state index contributed by atoms with van der Waals surface area (Å²) in [7, 11) is -3.80. The third-order valence-corrected chi connectivity index (χ3v) is 5.13. The molecular formula is C16H14F2N4O3S. The molecule has 0 saturated carbocycles. The first-order valence-electron chi connectivity index (χ1n) is 7.64. The van der Waals surface area contributed by atoms with Crippen molar-refractivity contribution in [2.45, 2.75) is 13.3 Å². The number of halogens is 2. The fourth-order valence-electron chi connectivity index (χ4n) is 2.51. The van der Waals surface area contributed by atoms with Gasteiger partial charge in [-0.3, -0.25) is 9.52 Å². The average Bonchev–Trinajstić information content (AvgIpc) is 3.01. The van der Waals surface area contributed by atoms with Crippen molar-refractivity contribution in [2.75, 3.05) is 10.5 Å². The van der Waals surface area contributed by atoms with Gasteiger partial charge in [0.2, 0.25) is 15.8 Å². The summed E-state index contributed by atoms with van der Waals surface area (Å²) in [5.41, 5.74) is -1.03. The Morgan fingerprint density at radius 2 is 2.08 bits per heavy atom. The molecule has 0 aliphatic rings. The molecule has 0 saturated heterocycles. The Labute approximate surface area is 147 Å². The van der Waals surface area contributed by atoms with Crippen molar-refractivity contribution in [1.29, 1.82) is 0 Å². The van der Waals surface area contributed by atoms with Gasteiger partial charge in [0.05, 0.1) is 22.6 Å². The van der Waals surface area contributed by atoms with E-state index in [4.69, 9.17) is 0 Å². The van der Waals surface area contributed by atoms with Crippen molar-refractivity contribution in [3.8, 4) is 0 Å². The van der Waals surface area contributed by atoms with E-state index in [0.717, 1.165) is 12.1 Å². The maximum Gasteiger partial charge on any atom is 0.232 e. The number of aromatic amines is 1. The van der Waals surface area contributed by atoms with E-state index < -0.39 is 38.7 Å². The van der Waals surface area contributed by atoms with Crippen molar-refractivity contribution < 1.29 is 22.0 Å². The van der Waals surface area contributed by atoms with Crippen LogP contribution in [0.2, 0.25) is 0 Å². The Kier molecular flexibility index (Phi) is 4.68. The molecule has 0 aliphatic carbocycles. The summed E-state index contributed by atoms with van der Waals surface area (Å²) >= 11 is 0. The molecule has 0 spiro atoms. The molecule has 0 unspecified atom stereocenters. The van der Waals surface area contributed by atoms with Gasteiger partial charge in [-0.2, -0.15) is 0 Å². The smallest absolute Gasteiger partial charge is 0.232 e. The molecule has 2 N–H and O–H groups in total. The van der Waals surface area contributed by atoms with Gasteiger partial charge < -0.3 is 4.98 Å². The number of benzene rings is 1. The van der Waals surface area contributed by atoms with Crippen molar-refractivity contribution >= 4 is 32.5 Å². The van der Waals surface area contributed by atoms with Crippen LogP contribution < -0.4 is 4.72 Å². The molecule has 0 aliphatic heterocycles. The van der Waals surface area contributed by atoms with Crippen molar-refractivity contribution in [1.82, 2.24) is 15.0 Å². The first-order valence-corrected chi connectivity index (χ1v) is 9.29. The normalized spacial score (nSPS) is 11.7. The molecule has 0 bridgehead atoms. The van der Waals surface area contributed by atoms with Gasteiger partial charge in [0.15, 0.2) is 5.82 Å². The molecule has 3 rings (SSSR count). The molecule has 10 heteroatoms. The summed E-state index contributed by atoms with van der Waals surface area (Å²) in [6.45, 7) is 1.65. The van der Waals surface area contributed by atoms with Crippen molar-refractivity contribution in [3.05, 3.63) is 53.6 Å². The minimum absolute atomic E-state index is 0.0213. The molecule has 2 aromatic heterocycles. The van der Waals surface area contributed by atoms with Crippen LogP contribution in [0, 0.1) is 11.6 Å². The predicted molar refractivity (Wildman–Crippen MR) is 91.4 cm³/mol. The first kappa shape index (κ1) is 17.9. The summed E-state index contributed by atoms with van der Waals surface area (Å²) in [6, 6.07) is 1.78. The van der Waals surface area contributed by atoms with Gasteiger partial charge in [0.1, 0.15) is 17.8 Å². The quantitative estimate of drug-likeness (QED) is 0.640. The molecule has 3 aromatic rings. The van der Waals surface area contributed by atoms with E-state index >= 15 is 0 Å². The number of nitrogens with zero attached hydrogens (tertiary/aromatic N) is 2. The van der Waals surface area contributed by atoms with Crippen LogP contribution in [0.15, 0.2) is 30.9 Å². The Morgan fingerprint density at radius 3 is 2.81 bits per heavy atom. The minimum atomic E-state index is -3.80. The Hall–Kier alpha value is -2.88. The van der Waals surface area contributed by atoms with Crippen LogP contribution in [0.3, 0.4) is 0 Å². The number of hydrogen-bond acceptors (Lipinski definition) is 5.